The van der Waals surface area contributed by atoms with Crippen LogP contribution in [0.2, 0.25) is 0 Å². The Labute approximate surface area is 179 Å². The number of aryl methyl sites for hydroxylation is 1. The summed E-state index contributed by atoms with van der Waals surface area (Å²) in [6, 6.07) is 8.37. The number of benzene rings is 1. The number of methoxy groups -OCH3 is 1. The third-order valence-corrected chi connectivity index (χ3v) is 5.47. The van der Waals surface area contributed by atoms with Crippen LogP contribution >= 0.6 is 0 Å². The van der Waals surface area contributed by atoms with Crippen LogP contribution in [0, 0.1) is 13.8 Å². The molecule has 0 saturated heterocycles. The van der Waals surface area contributed by atoms with E-state index in [9.17, 15) is 0 Å². The summed E-state index contributed by atoms with van der Waals surface area (Å²) in [5.74, 6) is 1.74. The fourth-order valence-corrected chi connectivity index (χ4v) is 3.93. The number of hydrogen-bond donors (Lipinski definition) is 2. The molecule has 7 nitrogen and oxygen atoms in total. The number of nitrogens with one attached hydrogen (secondary N) is 2. The highest BCUT2D eigenvalue weighted by atomic mass is 16.5. The third kappa shape index (κ3) is 5.14. The van der Waals surface area contributed by atoms with Gasteiger partial charge in [-0.3, -0.25) is 4.68 Å². The van der Waals surface area contributed by atoms with Gasteiger partial charge >= 0.3 is 0 Å². The normalized spacial score (nSPS) is 17.9. The van der Waals surface area contributed by atoms with E-state index in [2.05, 4.69) is 55.6 Å². The first-order chi connectivity index (χ1) is 14.3. The lowest BCUT2D eigenvalue weighted by Gasteiger charge is -2.38. The van der Waals surface area contributed by atoms with Crippen molar-refractivity contribution in [2.75, 3.05) is 20.3 Å². The maximum absolute atomic E-state index is 6.17. The average Bonchev–Trinajstić information content (AvgIpc) is 2.96. The topological polar surface area (TPSA) is 72.7 Å². The van der Waals surface area contributed by atoms with Crippen molar-refractivity contribution in [2.24, 2.45) is 4.99 Å². The number of rotatable bonds is 7. The number of guanidine groups is 1. The molecule has 30 heavy (non-hydrogen) atoms. The minimum atomic E-state index is -0.237. The van der Waals surface area contributed by atoms with E-state index in [1.54, 1.807) is 7.11 Å². The molecular weight excluding hydrogens is 378 g/mol. The zero-order valence-corrected chi connectivity index (χ0v) is 19.1. The fraction of sp³-hybridized carbons (Fsp3) is 0.565. The number of fused-ring (bicyclic) bond motifs is 1. The van der Waals surface area contributed by atoms with Crippen molar-refractivity contribution in [3.05, 3.63) is 46.8 Å². The third-order valence-electron chi connectivity index (χ3n) is 5.47. The van der Waals surface area contributed by atoms with Crippen molar-refractivity contribution in [3.63, 3.8) is 0 Å². The first-order valence-electron chi connectivity index (χ1n) is 10.7. The van der Waals surface area contributed by atoms with E-state index in [0.29, 0.717) is 13.2 Å². The minimum Gasteiger partial charge on any atom is -0.487 e. The second-order valence-electron chi connectivity index (χ2n) is 8.36. The van der Waals surface area contributed by atoms with Crippen molar-refractivity contribution in [1.29, 1.82) is 0 Å². The Morgan fingerprint density at radius 1 is 1.33 bits per heavy atom. The van der Waals surface area contributed by atoms with Gasteiger partial charge in [-0.25, -0.2) is 4.99 Å². The number of ether oxygens (including phenoxy) is 2. The van der Waals surface area contributed by atoms with Gasteiger partial charge in [0.25, 0.3) is 0 Å². The molecule has 1 aliphatic rings. The average molecular weight is 414 g/mol. The monoisotopic (exact) mass is 413 g/mol. The van der Waals surface area contributed by atoms with Gasteiger partial charge in [-0.1, -0.05) is 18.2 Å². The Hall–Kier alpha value is -2.54. The van der Waals surface area contributed by atoms with Crippen LogP contribution in [-0.2, 0) is 17.8 Å². The van der Waals surface area contributed by atoms with Crippen molar-refractivity contribution >= 4 is 5.96 Å². The summed E-state index contributed by atoms with van der Waals surface area (Å²) in [5, 5.41) is 11.7. The van der Waals surface area contributed by atoms with Crippen LogP contribution in [0.1, 0.15) is 55.7 Å². The Bertz CT molecular complexity index is 888. The summed E-state index contributed by atoms with van der Waals surface area (Å²) >= 11 is 0. The van der Waals surface area contributed by atoms with Crippen molar-refractivity contribution < 1.29 is 9.47 Å². The molecule has 2 aromatic rings. The van der Waals surface area contributed by atoms with Gasteiger partial charge in [0.1, 0.15) is 11.4 Å². The van der Waals surface area contributed by atoms with Crippen LogP contribution < -0.4 is 15.4 Å². The zero-order valence-electron chi connectivity index (χ0n) is 19.1. The van der Waals surface area contributed by atoms with Gasteiger partial charge in [0.05, 0.1) is 31.4 Å². The second-order valence-corrected chi connectivity index (χ2v) is 8.36. The molecule has 2 N–H and O–H groups in total. The SMILES string of the molecule is CCNC(=NCc1c(C)nn(CCOC)c1C)NC1CC(C)(C)Oc2ccccc21. The number of aliphatic imine (C=N–C) groups is 1. The molecular formula is C23H35N5O2. The Balaban J connectivity index is 1.80. The first kappa shape index (κ1) is 22.2. The van der Waals surface area contributed by atoms with Crippen LogP contribution in [0.15, 0.2) is 29.3 Å². The molecule has 0 radical (unpaired) electrons. The maximum atomic E-state index is 6.17. The van der Waals surface area contributed by atoms with Crippen molar-refractivity contribution in [3.8, 4) is 5.75 Å². The minimum absolute atomic E-state index is 0.134. The second kappa shape index (κ2) is 9.51. The summed E-state index contributed by atoms with van der Waals surface area (Å²) in [4.78, 5) is 4.88. The lowest BCUT2D eigenvalue weighted by molar-refractivity contribution is 0.0694. The van der Waals surface area contributed by atoms with E-state index in [1.165, 1.54) is 5.56 Å². The molecule has 0 spiro atoms. The van der Waals surface area contributed by atoms with E-state index < -0.39 is 0 Å². The highest BCUT2D eigenvalue weighted by Gasteiger charge is 2.34. The lowest BCUT2D eigenvalue weighted by atomic mass is 9.90. The molecule has 7 heteroatoms. The Kier molecular flexibility index (Phi) is 7.02. The lowest BCUT2D eigenvalue weighted by Crippen LogP contribution is -2.45. The largest absolute Gasteiger partial charge is 0.487 e. The number of nitrogens with zero attached hydrogens (tertiary/aromatic N) is 3. The number of hydrogen-bond acceptors (Lipinski definition) is 4. The van der Waals surface area contributed by atoms with Crippen LogP contribution in [0.25, 0.3) is 0 Å². The summed E-state index contributed by atoms with van der Waals surface area (Å²) < 4.78 is 13.4. The Morgan fingerprint density at radius 3 is 2.83 bits per heavy atom. The van der Waals surface area contributed by atoms with Crippen LogP contribution in [-0.4, -0.2) is 41.6 Å². The quantitative estimate of drug-likeness (QED) is 0.537. The van der Waals surface area contributed by atoms with E-state index in [0.717, 1.165) is 48.2 Å². The number of aromatic nitrogens is 2. The van der Waals surface area contributed by atoms with Crippen LogP contribution in [0.5, 0.6) is 5.75 Å². The van der Waals surface area contributed by atoms with Gasteiger partial charge in [-0.15, -0.1) is 0 Å². The standard InChI is InChI=1S/C23H35N5O2/c1-7-24-22(25-15-19-16(2)27-28(17(19)3)12-13-29-6)26-20-14-23(4,5)30-21-11-9-8-10-18(20)21/h8-11,20H,7,12-15H2,1-6H3,(H2,24,25,26). The maximum Gasteiger partial charge on any atom is 0.192 e. The molecule has 164 valence electrons. The van der Waals surface area contributed by atoms with Crippen LogP contribution in [0.3, 0.4) is 0 Å². The van der Waals surface area contributed by atoms with Gasteiger partial charge in [0.15, 0.2) is 5.96 Å². The molecule has 2 heterocycles. The molecule has 1 aromatic heterocycles. The van der Waals surface area contributed by atoms with E-state index in [1.807, 2.05) is 23.7 Å². The van der Waals surface area contributed by atoms with Gasteiger partial charge in [-0.2, -0.15) is 5.10 Å². The molecule has 1 aliphatic heterocycles. The van der Waals surface area contributed by atoms with Gasteiger partial charge in [0.2, 0.25) is 0 Å². The molecule has 1 aromatic carbocycles. The summed E-state index contributed by atoms with van der Waals surface area (Å²) in [6.45, 7) is 13.2. The summed E-state index contributed by atoms with van der Waals surface area (Å²) in [5.41, 5.74) is 4.25. The predicted octanol–water partition coefficient (Wildman–Crippen LogP) is 3.50. The molecule has 0 fully saturated rings. The van der Waals surface area contributed by atoms with Gasteiger partial charge in [0, 0.05) is 36.9 Å². The molecule has 3 rings (SSSR count). The Morgan fingerprint density at radius 2 is 2.10 bits per heavy atom. The van der Waals surface area contributed by atoms with Crippen molar-refractivity contribution in [2.45, 2.75) is 65.8 Å². The van der Waals surface area contributed by atoms with E-state index in [4.69, 9.17) is 14.5 Å². The summed E-state index contributed by atoms with van der Waals surface area (Å²) in [7, 11) is 1.71. The zero-order chi connectivity index (χ0) is 21.7. The summed E-state index contributed by atoms with van der Waals surface area (Å²) in [6.07, 6.45) is 0.863. The highest BCUT2D eigenvalue weighted by Crippen LogP contribution is 2.39. The first-order valence-corrected chi connectivity index (χ1v) is 10.7. The number of para-hydroxylation sites is 1. The van der Waals surface area contributed by atoms with Crippen molar-refractivity contribution in [1.82, 2.24) is 20.4 Å². The highest BCUT2D eigenvalue weighted by molar-refractivity contribution is 5.80. The smallest absolute Gasteiger partial charge is 0.192 e. The molecule has 0 bridgehead atoms. The molecule has 0 saturated carbocycles. The van der Waals surface area contributed by atoms with E-state index in [-0.39, 0.29) is 11.6 Å². The predicted molar refractivity (Wildman–Crippen MR) is 120 cm³/mol. The van der Waals surface area contributed by atoms with Crippen LogP contribution in [0.4, 0.5) is 0 Å². The van der Waals surface area contributed by atoms with Gasteiger partial charge in [-0.05, 0) is 40.7 Å². The van der Waals surface area contributed by atoms with E-state index >= 15 is 0 Å². The molecule has 0 amide bonds. The molecule has 0 aliphatic carbocycles. The van der Waals surface area contributed by atoms with Gasteiger partial charge < -0.3 is 20.1 Å². The fourth-order valence-electron chi connectivity index (χ4n) is 3.93. The molecule has 1 unspecified atom stereocenters. The molecule has 1 atom stereocenters.